The standard InChI is InChI=1S/C22H16N2O2/c1-11-3-5-19-15(7-11)13-9-18-14(10-17(13)21(25)23-19)16-8-12(2)4-6-20(16)24-22(18)26/h3-10H,1-2H3,(H,23,25)(H,24,26). The highest BCUT2D eigenvalue weighted by Crippen LogP contribution is 2.29. The van der Waals surface area contributed by atoms with Crippen molar-refractivity contribution in [3.05, 3.63) is 80.4 Å². The normalized spacial score (nSPS) is 11.8. The summed E-state index contributed by atoms with van der Waals surface area (Å²) in [4.78, 5) is 31.2. The number of hydrogen-bond acceptors (Lipinski definition) is 2. The quantitative estimate of drug-likeness (QED) is 0.326. The van der Waals surface area contributed by atoms with Gasteiger partial charge in [0.25, 0.3) is 11.1 Å². The summed E-state index contributed by atoms with van der Waals surface area (Å²) in [5.74, 6) is 0. The van der Waals surface area contributed by atoms with Crippen molar-refractivity contribution in [1.29, 1.82) is 0 Å². The Balaban J connectivity index is 2.09. The number of pyridine rings is 2. The minimum Gasteiger partial charge on any atom is -0.321 e. The van der Waals surface area contributed by atoms with E-state index in [0.29, 0.717) is 10.8 Å². The van der Waals surface area contributed by atoms with Crippen molar-refractivity contribution in [2.75, 3.05) is 0 Å². The molecule has 0 fully saturated rings. The van der Waals surface area contributed by atoms with Crippen LogP contribution in [-0.4, -0.2) is 9.97 Å². The second-order valence-corrected chi connectivity index (χ2v) is 6.95. The number of aromatic amines is 2. The van der Waals surface area contributed by atoms with E-state index in [-0.39, 0.29) is 11.1 Å². The lowest BCUT2D eigenvalue weighted by Crippen LogP contribution is -2.10. The first-order valence-electron chi connectivity index (χ1n) is 8.54. The third-order valence-electron chi connectivity index (χ3n) is 5.07. The van der Waals surface area contributed by atoms with Crippen molar-refractivity contribution in [2.24, 2.45) is 0 Å². The summed E-state index contributed by atoms with van der Waals surface area (Å²) < 4.78 is 0. The van der Waals surface area contributed by atoms with Crippen LogP contribution in [0.3, 0.4) is 0 Å². The van der Waals surface area contributed by atoms with E-state index in [4.69, 9.17) is 0 Å². The summed E-state index contributed by atoms with van der Waals surface area (Å²) in [5.41, 5.74) is 3.49. The fourth-order valence-corrected chi connectivity index (χ4v) is 3.78. The molecule has 2 heterocycles. The summed E-state index contributed by atoms with van der Waals surface area (Å²) in [6.45, 7) is 4.03. The summed E-state index contributed by atoms with van der Waals surface area (Å²) in [6.07, 6.45) is 0. The third kappa shape index (κ3) is 2.02. The molecular formula is C22H16N2O2. The Bertz CT molecular complexity index is 1370. The molecule has 0 aliphatic rings. The topological polar surface area (TPSA) is 65.7 Å². The average molecular weight is 340 g/mol. The van der Waals surface area contributed by atoms with Gasteiger partial charge in [-0.2, -0.15) is 0 Å². The van der Waals surface area contributed by atoms with Crippen molar-refractivity contribution in [1.82, 2.24) is 9.97 Å². The first-order chi connectivity index (χ1) is 12.5. The molecule has 5 aromatic rings. The highest BCUT2D eigenvalue weighted by atomic mass is 16.1. The van der Waals surface area contributed by atoms with Crippen LogP contribution in [0.15, 0.2) is 58.1 Å². The number of aryl methyl sites for hydroxylation is 2. The number of fused-ring (bicyclic) bond motifs is 6. The van der Waals surface area contributed by atoms with E-state index < -0.39 is 0 Å². The Morgan fingerprint density at radius 2 is 0.962 bits per heavy atom. The van der Waals surface area contributed by atoms with E-state index >= 15 is 0 Å². The van der Waals surface area contributed by atoms with Gasteiger partial charge in [-0.3, -0.25) is 9.59 Å². The number of nitrogens with one attached hydrogen (secondary N) is 2. The van der Waals surface area contributed by atoms with E-state index in [1.54, 1.807) is 0 Å². The predicted molar refractivity (Wildman–Crippen MR) is 107 cm³/mol. The number of hydrogen-bond donors (Lipinski definition) is 2. The van der Waals surface area contributed by atoms with Crippen molar-refractivity contribution >= 4 is 43.4 Å². The van der Waals surface area contributed by atoms with E-state index in [1.165, 1.54) is 0 Å². The SMILES string of the molecule is Cc1ccc2[nH]c(=O)c3cc4c(cc3c2c1)c(=O)[nH]c1ccc(C)cc14. The molecule has 0 saturated carbocycles. The Labute approximate surface area is 148 Å². The van der Waals surface area contributed by atoms with Crippen LogP contribution in [0.2, 0.25) is 0 Å². The lowest BCUT2D eigenvalue weighted by atomic mass is 9.98. The van der Waals surface area contributed by atoms with Gasteiger partial charge in [0.2, 0.25) is 0 Å². The van der Waals surface area contributed by atoms with Crippen LogP contribution in [0.25, 0.3) is 43.4 Å². The summed E-state index contributed by atoms with van der Waals surface area (Å²) >= 11 is 0. The zero-order valence-electron chi connectivity index (χ0n) is 14.4. The van der Waals surface area contributed by atoms with Crippen molar-refractivity contribution in [3.8, 4) is 0 Å². The van der Waals surface area contributed by atoms with E-state index in [1.807, 2.05) is 62.4 Å². The van der Waals surface area contributed by atoms with E-state index in [9.17, 15) is 9.59 Å². The fourth-order valence-electron chi connectivity index (χ4n) is 3.78. The van der Waals surface area contributed by atoms with Crippen molar-refractivity contribution in [3.63, 3.8) is 0 Å². The van der Waals surface area contributed by atoms with Gasteiger partial charge in [-0.1, -0.05) is 23.3 Å². The van der Waals surface area contributed by atoms with Gasteiger partial charge in [0.05, 0.1) is 0 Å². The van der Waals surface area contributed by atoms with Crippen LogP contribution in [0, 0.1) is 13.8 Å². The van der Waals surface area contributed by atoms with Gasteiger partial charge in [0.1, 0.15) is 0 Å². The molecule has 0 atom stereocenters. The lowest BCUT2D eigenvalue weighted by molar-refractivity contribution is 1.33. The highest BCUT2D eigenvalue weighted by molar-refractivity contribution is 6.15. The molecule has 0 aliphatic heterocycles. The molecule has 0 radical (unpaired) electrons. The number of H-pyrrole nitrogens is 2. The highest BCUT2D eigenvalue weighted by Gasteiger charge is 2.11. The van der Waals surface area contributed by atoms with Crippen LogP contribution in [0.5, 0.6) is 0 Å². The van der Waals surface area contributed by atoms with Gasteiger partial charge < -0.3 is 9.97 Å². The van der Waals surface area contributed by atoms with Gasteiger partial charge in [-0.25, -0.2) is 0 Å². The third-order valence-corrected chi connectivity index (χ3v) is 5.07. The van der Waals surface area contributed by atoms with Crippen LogP contribution < -0.4 is 11.1 Å². The van der Waals surface area contributed by atoms with Crippen LogP contribution in [0.4, 0.5) is 0 Å². The zero-order chi connectivity index (χ0) is 18.0. The maximum Gasteiger partial charge on any atom is 0.256 e. The van der Waals surface area contributed by atoms with Gasteiger partial charge in [-0.15, -0.1) is 0 Å². The minimum atomic E-state index is -0.140. The summed E-state index contributed by atoms with van der Waals surface area (Å²) in [7, 11) is 0. The average Bonchev–Trinajstić information content (AvgIpc) is 2.62. The second kappa shape index (κ2) is 5.05. The molecule has 0 amide bonds. The molecule has 3 aromatic carbocycles. The maximum absolute atomic E-state index is 12.7. The molecular weight excluding hydrogens is 324 g/mol. The van der Waals surface area contributed by atoms with Crippen molar-refractivity contribution < 1.29 is 0 Å². The molecule has 0 bridgehead atoms. The van der Waals surface area contributed by atoms with Gasteiger partial charge >= 0.3 is 0 Å². The number of benzene rings is 3. The Hall–Kier alpha value is -3.40. The first kappa shape index (κ1) is 14.9. The summed E-state index contributed by atoms with van der Waals surface area (Å²) in [6, 6.07) is 15.5. The molecule has 2 aromatic heterocycles. The van der Waals surface area contributed by atoms with Gasteiger partial charge in [0.15, 0.2) is 0 Å². The van der Waals surface area contributed by atoms with Crippen molar-refractivity contribution in [2.45, 2.75) is 13.8 Å². The molecule has 0 saturated heterocycles. The molecule has 2 N–H and O–H groups in total. The molecule has 0 aliphatic carbocycles. The van der Waals surface area contributed by atoms with Crippen LogP contribution in [0.1, 0.15) is 11.1 Å². The molecule has 4 heteroatoms. The molecule has 0 spiro atoms. The molecule has 126 valence electrons. The maximum atomic E-state index is 12.7. The van der Waals surface area contributed by atoms with Gasteiger partial charge in [-0.05, 0) is 61.0 Å². The van der Waals surface area contributed by atoms with Crippen LogP contribution in [-0.2, 0) is 0 Å². The zero-order valence-corrected chi connectivity index (χ0v) is 14.4. The van der Waals surface area contributed by atoms with Crippen LogP contribution >= 0.6 is 0 Å². The van der Waals surface area contributed by atoms with E-state index in [0.717, 1.165) is 43.7 Å². The summed E-state index contributed by atoms with van der Waals surface area (Å²) in [5, 5.41) is 4.71. The molecule has 26 heavy (non-hydrogen) atoms. The monoisotopic (exact) mass is 340 g/mol. The lowest BCUT2D eigenvalue weighted by Gasteiger charge is -2.09. The Kier molecular flexibility index (Phi) is 2.89. The second-order valence-electron chi connectivity index (χ2n) is 6.95. The van der Waals surface area contributed by atoms with E-state index in [2.05, 4.69) is 9.97 Å². The first-order valence-corrected chi connectivity index (χ1v) is 8.54. The Morgan fingerprint density at radius 1 is 0.538 bits per heavy atom. The molecule has 4 nitrogen and oxygen atoms in total. The number of rotatable bonds is 0. The largest absolute Gasteiger partial charge is 0.321 e. The van der Waals surface area contributed by atoms with Gasteiger partial charge in [0, 0.05) is 32.6 Å². The predicted octanol–water partition coefficient (Wildman–Crippen LogP) is 4.29. The molecule has 0 unspecified atom stereocenters. The smallest absolute Gasteiger partial charge is 0.256 e. The fraction of sp³-hybridized carbons (Fsp3) is 0.0909. The number of aromatic nitrogens is 2. The Morgan fingerprint density at radius 3 is 1.38 bits per heavy atom. The minimum absolute atomic E-state index is 0.140. The molecule has 5 rings (SSSR count).